The number of benzene rings is 2. The third kappa shape index (κ3) is 4.19. The van der Waals surface area contributed by atoms with Gasteiger partial charge in [0.2, 0.25) is 5.95 Å². The van der Waals surface area contributed by atoms with Gasteiger partial charge in [-0.05, 0) is 55.3 Å². The zero-order valence-corrected chi connectivity index (χ0v) is 19.9. The molecule has 1 aromatic heterocycles. The molecule has 2 aliphatic heterocycles. The van der Waals surface area contributed by atoms with E-state index in [-0.39, 0.29) is 11.7 Å². The molecule has 3 heterocycles. The number of anilines is 3. The largest absolute Gasteiger partial charge is 0.324 e. The first-order chi connectivity index (χ1) is 15.9. The van der Waals surface area contributed by atoms with Crippen molar-refractivity contribution in [1.29, 1.82) is 0 Å². The van der Waals surface area contributed by atoms with Gasteiger partial charge in [-0.2, -0.15) is 0 Å². The minimum Gasteiger partial charge on any atom is -0.324 e. The predicted molar refractivity (Wildman–Crippen MR) is 131 cm³/mol. The van der Waals surface area contributed by atoms with Gasteiger partial charge in [0.15, 0.2) is 5.78 Å². The lowest BCUT2D eigenvalue weighted by Gasteiger charge is -2.28. The molecular formula is C23H19Cl2N5O2S. The third-order valence-corrected chi connectivity index (χ3v) is 7.19. The molecule has 2 N–H and O–H groups in total. The van der Waals surface area contributed by atoms with Crippen molar-refractivity contribution < 1.29 is 9.59 Å². The maximum atomic E-state index is 13.1. The van der Waals surface area contributed by atoms with Gasteiger partial charge < -0.3 is 10.6 Å². The Morgan fingerprint density at radius 1 is 1.24 bits per heavy atom. The zero-order valence-electron chi connectivity index (χ0n) is 17.6. The lowest BCUT2D eigenvalue weighted by molar-refractivity contribution is 0.0983. The quantitative estimate of drug-likeness (QED) is 0.381. The fraction of sp³-hybridized carbons (Fsp3) is 0.217. The third-order valence-electron chi connectivity index (χ3n) is 5.61. The fourth-order valence-corrected chi connectivity index (χ4v) is 5.61. The molecule has 7 nitrogen and oxygen atoms in total. The van der Waals surface area contributed by atoms with Gasteiger partial charge in [-0.25, -0.2) is 9.97 Å². The molecule has 1 amide bonds. The molecule has 0 aliphatic carbocycles. The number of amides is 1. The molecule has 3 aromatic rings. The van der Waals surface area contributed by atoms with E-state index in [0.717, 1.165) is 29.8 Å². The molecule has 33 heavy (non-hydrogen) atoms. The molecule has 5 rings (SSSR count). The maximum Gasteiger partial charge on any atom is 0.263 e. The Hall–Kier alpha value is -2.65. The molecule has 2 aliphatic rings. The van der Waals surface area contributed by atoms with E-state index < -0.39 is 0 Å². The first-order valence-electron chi connectivity index (χ1n) is 10.3. The summed E-state index contributed by atoms with van der Waals surface area (Å²) in [6.07, 6.45) is 2.33. The number of thioether (sulfide) groups is 1. The summed E-state index contributed by atoms with van der Waals surface area (Å²) in [6, 6.07) is 8.98. The van der Waals surface area contributed by atoms with Crippen LogP contribution in [0.25, 0.3) is 0 Å². The van der Waals surface area contributed by atoms with Crippen molar-refractivity contribution in [2.45, 2.75) is 24.9 Å². The maximum absolute atomic E-state index is 13.1. The van der Waals surface area contributed by atoms with E-state index in [1.165, 1.54) is 22.9 Å². The standard InChI is InChI=1S/C23H19Cl2N5O2S/c1-12(31)16-8-14(7-13-9-26-6-5-15(13)16)28-23-27-10-17-21(29-23)33-11-30(22(17)32)20-18(24)3-2-4-19(20)25/h2-4,7-8,10,26H,5-6,9,11H2,1H3,(H,27,28,29). The van der Waals surface area contributed by atoms with Crippen LogP contribution in [0, 0.1) is 0 Å². The second-order valence-corrected chi connectivity index (χ2v) is 9.51. The van der Waals surface area contributed by atoms with Gasteiger partial charge in [0, 0.05) is 24.0 Å². The Morgan fingerprint density at radius 3 is 2.79 bits per heavy atom. The van der Waals surface area contributed by atoms with Crippen LogP contribution in [0.2, 0.25) is 10.0 Å². The van der Waals surface area contributed by atoms with Crippen LogP contribution in [-0.4, -0.2) is 34.1 Å². The number of hydrogen-bond acceptors (Lipinski definition) is 7. The summed E-state index contributed by atoms with van der Waals surface area (Å²) in [7, 11) is 0. The number of aromatic nitrogens is 2. The number of nitrogens with one attached hydrogen (secondary N) is 2. The number of carbonyl (C=O) groups is 2. The van der Waals surface area contributed by atoms with Crippen molar-refractivity contribution >= 4 is 64.0 Å². The van der Waals surface area contributed by atoms with Crippen molar-refractivity contribution in [1.82, 2.24) is 15.3 Å². The normalized spacial score (nSPS) is 15.1. The SMILES string of the molecule is CC(=O)c1cc(Nc2ncc3c(n2)SCN(c2c(Cl)cccc2Cl)C3=O)cc2c1CCNC2. The summed E-state index contributed by atoms with van der Waals surface area (Å²) in [5.74, 6) is 0.452. The molecule has 0 saturated carbocycles. The average molecular weight is 500 g/mol. The summed E-state index contributed by atoms with van der Waals surface area (Å²) in [4.78, 5) is 35.7. The number of halogens is 2. The summed E-state index contributed by atoms with van der Waals surface area (Å²) in [6.45, 7) is 3.15. The van der Waals surface area contributed by atoms with E-state index in [2.05, 4.69) is 20.6 Å². The minimum atomic E-state index is -0.260. The van der Waals surface area contributed by atoms with Gasteiger partial charge in [0.05, 0.1) is 27.2 Å². The molecule has 168 valence electrons. The lowest BCUT2D eigenvalue weighted by atomic mass is 9.93. The van der Waals surface area contributed by atoms with Gasteiger partial charge in [-0.1, -0.05) is 41.0 Å². The van der Waals surface area contributed by atoms with Crippen molar-refractivity contribution in [3.63, 3.8) is 0 Å². The first-order valence-corrected chi connectivity index (χ1v) is 12.1. The van der Waals surface area contributed by atoms with Gasteiger partial charge >= 0.3 is 0 Å². The van der Waals surface area contributed by atoms with E-state index in [1.54, 1.807) is 25.1 Å². The van der Waals surface area contributed by atoms with Crippen LogP contribution in [0.4, 0.5) is 17.3 Å². The molecule has 0 bridgehead atoms. The lowest BCUT2D eigenvalue weighted by Crippen LogP contribution is -2.35. The van der Waals surface area contributed by atoms with Crippen LogP contribution in [0.3, 0.4) is 0 Å². The smallest absolute Gasteiger partial charge is 0.263 e. The van der Waals surface area contributed by atoms with Crippen molar-refractivity contribution in [2.24, 2.45) is 0 Å². The zero-order chi connectivity index (χ0) is 23.1. The van der Waals surface area contributed by atoms with Crippen molar-refractivity contribution in [2.75, 3.05) is 22.6 Å². The Labute approximate surface area is 204 Å². The topological polar surface area (TPSA) is 87.2 Å². The highest BCUT2D eigenvalue weighted by atomic mass is 35.5. The van der Waals surface area contributed by atoms with Crippen LogP contribution in [0.15, 0.2) is 41.6 Å². The molecular weight excluding hydrogens is 481 g/mol. The van der Waals surface area contributed by atoms with Gasteiger partial charge in [0.1, 0.15) is 5.03 Å². The Bertz CT molecular complexity index is 1280. The Morgan fingerprint density at radius 2 is 2.03 bits per heavy atom. The van der Waals surface area contributed by atoms with E-state index in [1.807, 2.05) is 12.1 Å². The molecule has 0 unspecified atom stereocenters. The molecule has 0 saturated heterocycles. The molecule has 2 aromatic carbocycles. The Kier molecular flexibility index (Phi) is 6.01. The van der Waals surface area contributed by atoms with E-state index in [4.69, 9.17) is 23.2 Å². The van der Waals surface area contributed by atoms with Crippen LogP contribution < -0.4 is 15.5 Å². The second kappa shape index (κ2) is 8.95. The summed E-state index contributed by atoms with van der Waals surface area (Å²) >= 11 is 14.0. The van der Waals surface area contributed by atoms with E-state index in [9.17, 15) is 9.59 Å². The van der Waals surface area contributed by atoms with Crippen molar-refractivity contribution in [3.8, 4) is 0 Å². The second-order valence-electron chi connectivity index (χ2n) is 7.76. The van der Waals surface area contributed by atoms with E-state index in [0.29, 0.717) is 50.3 Å². The molecule has 0 spiro atoms. The highest BCUT2D eigenvalue weighted by molar-refractivity contribution is 7.99. The number of fused-ring (bicyclic) bond motifs is 2. The number of rotatable bonds is 4. The number of carbonyl (C=O) groups excluding carboxylic acids is 2. The summed E-state index contributed by atoms with van der Waals surface area (Å²) < 4.78 is 0. The number of para-hydroxylation sites is 1. The molecule has 0 radical (unpaired) electrons. The minimum absolute atomic E-state index is 0.0302. The van der Waals surface area contributed by atoms with Crippen LogP contribution in [0.5, 0.6) is 0 Å². The summed E-state index contributed by atoms with van der Waals surface area (Å²) in [5, 5.41) is 7.91. The van der Waals surface area contributed by atoms with Crippen LogP contribution in [0.1, 0.15) is 38.8 Å². The Balaban J connectivity index is 1.43. The first kappa shape index (κ1) is 22.2. The number of ketones is 1. The predicted octanol–water partition coefficient (Wildman–Crippen LogP) is 5.09. The molecule has 0 atom stereocenters. The molecule has 0 fully saturated rings. The van der Waals surface area contributed by atoms with Gasteiger partial charge in [-0.15, -0.1) is 0 Å². The van der Waals surface area contributed by atoms with Gasteiger partial charge in [-0.3, -0.25) is 14.5 Å². The highest BCUT2D eigenvalue weighted by Gasteiger charge is 2.30. The van der Waals surface area contributed by atoms with Crippen molar-refractivity contribution in [3.05, 3.63) is 68.8 Å². The number of nitrogens with zero attached hydrogens (tertiary/aromatic N) is 3. The average Bonchev–Trinajstić information content (AvgIpc) is 2.79. The van der Waals surface area contributed by atoms with E-state index >= 15 is 0 Å². The summed E-state index contributed by atoms with van der Waals surface area (Å²) in [5.41, 5.74) is 4.49. The van der Waals surface area contributed by atoms with Crippen LogP contribution in [-0.2, 0) is 13.0 Å². The molecule has 10 heteroatoms. The van der Waals surface area contributed by atoms with Gasteiger partial charge in [0.25, 0.3) is 5.91 Å². The highest BCUT2D eigenvalue weighted by Crippen LogP contribution is 2.39. The van der Waals surface area contributed by atoms with Crippen LogP contribution >= 0.6 is 35.0 Å². The fourth-order valence-electron chi connectivity index (χ4n) is 4.06. The number of hydrogen-bond donors (Lipinski definition) is 2. The number of Topliss-reactive ketones (excluding diaryl/α,β-unsaturated/α-hetero) is 1. The monoisotopic (exact) mass is 499 g/mol.